The summed E-state index contributed by atoms with van der Waals surface area (Å²) in [5.74, 6) is -0.331. The number of fused-ring (bicyclic) bond motifs is 1. The van der Waals surface area contributed by atoms with Crippen LogP contribution in [0, 0.1) is 0 Å². The van der Waals surface area contributed by atoms with E-state index in [0.717, 1.165) is 22.2 Å². The van der Waals surface area contributed by atoms with Crippen LogP contribution in [0.5, 0.6) is 0 Å². The molecular weight excluding hydrogens is 382 g/mol. The molecule has 0 aliphatic carbocycles. The monoisotopic (exact) mass is 401 g/mol. The van der Waals surface area contributed by atoms with Crippen molar-refractivity contribution in [1.82, 2.24) is 15.2 Å². The van der Waals surface area contributed by atoms with Crippen LogP contribution >= 0.6 is 0 Å². The Hall–Kier alpha value is -3.78. The van der Waals surface area contributed by atoms with Crippen molar-refractivity contribution in [3.05, 3.63) is 66.2 Å². The number of hydrogen-bond donors (Lipinski definition) is 1. The molecule has 4 aromatic rings. The second-order valence-electron chi connectivity index (χ2n) is 6.88. The number of amides is 1. The van der Waals surface area contributed by atoms with E-state index in [9.17, 15) is 4.79 Å². The topological polar surface area (TPSA) is 93.4 Å². The third kappa shape index (κ3) is 3.60. The minimum atomic E-state index is -0.331. The maximum atomic E-state index is 13.1. The third-order valence-corrected chi connectivity index (χ3v) is 4.95. The molecule has 2 aromatic carbocycles. The van der Waals surface area contributed by atoms with Crippen molar-refractivity contribution in [3.63, 3.8) is 0 Å². The smallest absolute Gasteiger partial charge is 0.323 e. The highest BCUT2D eigenvalue weighted by Gasteiger charge is 2.20. The van der Waals surface area contributed by atoms with Crippen LogP contribution in [0.1, 0.15) is 10.4 Å². The summed E-state index contributed by atoms with van der Waals surface area (Å²) >= 11 is 0. The van der Waals surface area contributed by atoms with Crippen LogP contribution in [0.25, 0.3) is 22.2 Å². The Kier molecular flexibility index (Phi) is 4.82. The van der Waals surface area contributed by atoms with Gasteiger partial charge in [0.25, 0.3) is 5.91 Å². The van der Waals surface area contributed by atoms with Gasteiger partial charge in [0.15, 0.2) is 0 Å². The molecule has 0 spiro atoms. The Morgan fingerprint density at radius 3 is 2.57 bits per heavy atom. The number of ether oxygens (including phenoxy) is 1. The number of para-hydroxylation sites is 1. The maximum absolute atomic E-state index is 13.1. The number of aromatic nitrogens is 3. The van der Waals surface area contributed by atoms with Gasteiger partial charge in [0.2, 0.25) is 0 Å². The Labute approximate surface area is 172 Å². The fraction of sp³-hybridized carbons (Fsp3) is 0.182. The Bertz CT molecular complexity index is 1190. The van der Waals surface area contributed by atoms with E-state index in [2.05, 4.69) is 15.5 Å². The van der Waals surface area contributed by atoms with Gasteiger partial charge in [-0.25, -0.2) is 4.98 Å². The SMILES string of the molecule is O=C(Nc1nnc(N2CCOCC2)o1)c1cc(-c2ccccc2)nc2ccccc12. The predicted molar refractivity (Wildman–Crippen MR) is 112 cm³/mol. The quantitative estimate of drug-likeness (QED) is 0.560. The van der Waals surface area contributed by atoms with Crippen molar-refractivity contribution in [2.24, 2.45) is 0 Å². The lowest BCUT2D eigenvalue weighted by Crippen LogP contribution is -2.36. The number of anilines is 2. The standard InChI is InChI=1S/C22H19N5O3/c28-20(24-21-25-26-22(30-21)27-10-12-29-13-11-27)17-14-19(15-6-2-1-3-7-15)23-18-9-5-4-8-16(17)18/h1-9,14H,10-13H2,(H,24,25,28). The van der Waals surface area contributed by atoms with Gasteiger partial charge < -0.3 is 14.1 Å². The molecule has 150 valence electrons. The molecule has 1 aliphatic rings. The highest BCUT2D eigenvalue weighted by atomic mass is 16.5. The zero-order valence-electron chi connectivity index (χ0n) is 16.1. The summed E-state index contributed by atoms with van der Waals surface area (Å²) in [6.07, 6.45) is 0. The fourth-order valence-electron chi connectivity index (χ4n) is 3.43. The van der Waals surface area contributed by atoms with Gasteiger partial charge in [-0.1, -0.05) is 58.7 Å². The highest BCUT2D eigenvalue weighted by Crippen LogP contribution is 2.26. The van der Waals surface area contributed by atoms with E-state index in [1.54, 1.807) is 6.07 Å². The van der Waals surface area contributed by atoms with E-state index < -0.39 is 0 Å². The first-order valence-corrected chi connectivity index (χ1v) is 9.71. The Balaban J connectivity index is 1.46. The molecule has 8 heteroatoms. The first kappa shape index (κ1) is 18.3. The molecule has 0 radical (unpaired) electrons. The van der Waals surface area contributed by atoms with E-state index >= 15 is 0 Å². The minimum Gasteiger partial charge on any atom is -0.389 e. The molecule has 0 bridgehead atoms. The van der Waals surface area contributed by atoms with Crippen LogP contribution in [0.15, 0.2) is 65.1 Å². The second-order valence-corrected chi connectivity index (χ2v) is 6.88. The summed E-state index contributed by atoms with van der Waals surface area (Å²) in [5.41, 5.74) is 2.89. The Morgan fingerprint density at radius 1 is 0.967 bits per heavy atom. The van der Waals surface area contributed by atoms with Crippen LogP contribution in [-0.4, -0.2) is 47.4 Å². The van der Waals surface area contributed by atoms with Crippen LogP contribution in [0.2, 0.25) is 0 Å². The molecule has 3 heterocycles. The van der Waals surface area contributed by atoms with Crippen molar-refractivity contribution in [2.75, 3.05) is 36.5 Å². The number of nitrogens with zero attached hydrogens (tertiary/aromatic N) is 4. The summed E-state index contributed by atoms with van der Waals surface area (Å²) in [6, 6.07) is 19.5. The highest BCUT2D eigenvalue weighted by molar-refractivity contribution is 6.12. The number of carbonyl (C=O) groups is 1. The van der Waals surface area contributed by atoms with Crippen LogP contribution in [-0.2, 0) is 4.74 Å². The third-order valence-electron chi connectivity index (χ3n) is 4.95. The lowest BCUT2D eigenvalue weighted by Gasteiger charge is -2.24. The van der Waals surface area contributed by atoms with E-state index in [4.69, 9.17) is 14.1 Å². The molecular formula is C22H19N5O3. The van der Waals surface area contributed by atoms with E-state index in [1.807, 2.05) is 59.5 Å². The molecule has 5 rings (SSSR count). The number of hydrogen-bond acceptors (Lipinski definition) is 7. The lowest BCUT2D eigenvalue weighted by molar-refractivity contribution is 0.102. The fourth-order valence-corrected chi connectivity index (χ4v) is 3.43. The van der Waals surface area contributed by atoms with Crippen LogP contribution in [0.4, 0.5) is 12.0 Å². The molecule has 8 nitrogen and oxygen atoms in total. The number of nitrogens with one attached hydrogen (secondary N) is 1. The number of benzene rings is 2. The van der Waals surface area contributed by atoms with Crippen LogP contribution < -0.4 is 10.2 Å². The first-order valence-electron chi connectivity index (χ1n) is 9.71. The first-order chi connectivity index (χ1) is 14.8. The summed E-state index contributed by atoms with van der Waals surface area (Å²) in [5, 5.41) is 11.5. The maximum Gasteiger partial charge on any atom is 0.323 e. The van der Waals surface area contributed by atoms with Gasteiger partial charge in [-0.3, -0.25) is 10.1 Å². The predicted octanol–water partition coefficient (Wildman–Crippen LogP) is 3.37. The van der Waals surface area contributed by atoms with Gasteiger partial charge in [0, 0.05) is 24.0 Å². The van der Waals surface area contributed by atoms with Crippen molar-refractivity contribution in [2.45, 2.75) is 0 Å². The molecule has 1 amide bonds. The van der Waals surface area contributed by atoms with Gasteiger partial charge in [-0.15, -0.1) is 0 Å². The normalized spacial score (nSPS) is 14.1. The molecule has 1 N–H and O–H groups in total. The molecule has 30 heavy (non-hydrogen) atoms. The molecule has 0 saturated carbocycles. The summed E-state index contributed by atoms with van der Waals surface area (Å²) in [4.78, 5) is 19.7. The Morgan fingerprint density at radius 2 is 1.73 bits per heavy atom. The zero-order chi connectivity index (χ0) is 20.3. The van der Waals surface area contributed by atoms with E-state index in [-0.39, 0.29) is 11.9 Å². The van der Waals surface area contributed by atoms with Gasteiger partial charge in [-0.2, -0.15) is 0 Å². The number of pyridine rings is 1. The minimum absolute atomic E-state index is 0.0589. The van der Waals surface area contributed by atoms with Crippen molar-refractivity contribution < 1.29 is 13.9 Å². The molecule has 1 aliphatic heterocycles. The zero-order valence-corrected chi connectivity index (χ0v) is 16.1. The van der Waals surface area contributed by atoms with Gasteiger partial charge in [-0.05, 0) is 12.1 Å². The molecule has 2 aromatic heterocycles. The van der Waals surface area contributed by atoms with Gasteiger partial charge in [0.05, 0.1) is 30.0 Å². The van der Waals surface area contributed by atoms with E-state index in [0.29, 0.717) is 37.9 Å². The average molecular weight is 401 g/mol. The van der Waals surface area contributed by atoms with Crippen molar-refractivity contribution in [3.8, 4) is 11.3 Å². The summed E-state index contributed by atoms with van der Waals surface area (Å²) in [7, 11) is 0. The molecule has 1 fully saturated rings. The summed E-state index contributed by atoms with van der Waals surface area (Å²) < 4.78 is 11.0. The molecule has 0 atom stereocenters. The van der Waals surface area contributed by atoms with E-state index in [1.165, 1.54) is 0 Å². The van der Waals surface area contributed by atoms with Crippen molar-refractivity contribution >= 4 is 28.8 Å². The second kappa shape index (κ2) is 7.92. The number of carbonyl (C=O) groups excluding carboxylic acids is 1. The van der Waals surface area contributed by atoms with Gasteiger partial charge in [0.1, 0.15) is 0 Å². The van der Waals surface area contributed by atoms with Gasteiger partial charge >= 0.3 is 12.0 Å². The average Bonchev–Trinajstić information content (AvgIpc) is 3.28. The lowest BCUT2D eigenvalue weighted by atomic mass is 10.0. The van der Waals surface area contributed by atoms with Crippen molar-refractivity contribution in [1.29, 1.82) is 0 Å². The van der Waals surface area contributed by atoms with Crippen LogP contribution in [0.3, 0.4) is 0 Å². The molecule has 0 unspecified atom stereocenters. The number of rotatable bonds is 4. The number of morpholine rings is 1. The largest absolute Gasteiger partial charge is 0.389 e. The molecule has 1 saturated heterocycles. The summed E-state index contributed by atoms with van der Waals surface area (Å²) in [6.45, 7) is 2.56.